The standard InChI is InChI=1S/C13H17Cl/c1-2-12-7-9-13(10-8-12)6-4-3-5-11-14/h3-4,7-10H,2,5-6,11H2,1H3. The van der Waals surface area contributed by atoms with Gasteiger partial charge in [-0.05, 0) is 30.4 Å². The first kappa shape index (κ1) is 11.3. The Morgan fingerprint density at radius 1 is 1.07 bits per heavy atom. The van der Waals surface area contributed by atoms with E-state index in [-0.39, 0.29) is 0 Å². The molecule has 0 fully saturated rings. The van der Waals surface area contributed by atoms with Crippen LogP contribution in [0.3, 0.4) is 0 Å². The molecule has 0 bridgehead atoms. The van der Waals surface area contributed by atoms with Gasteiger partial charge in [-0.15, -0.1) is 11.6 Å². The number of alkyl halides is 1. The van der Waals surface area contributed by atoms with Gasteiger partial charge in [0, 0.05) is 5.88 Å². The molecule has 0 nitrogen and oxygen atoms in total. The van der Waals surface area contributed by atoms with Gasteiger partial charge in [0.1, 0.15) is 0 Å². The van der Waals surface area contributed by atoms with Gasteiger partial charge >= 0.3 is 0 Å². The maximum atomic E-state index is 5.57. The van der Waals surface area contributed by atoms with E-state index >= 15 is 0 Å². The molecule has 0 spiro atoms. The van der Waals surface area contributed by atoms with E-state index in [1.165, 1.54) is 11.1 Å². The molecule has 1 heteroatoms. The van der Waals surface area contributed by atoms with Crippen LogP contribution in [0.5, 0.6) is 0 Å². The van der Waals surface area contributed by atoms with Crippen LogP contribution < -0.4 is 0 Å². The molecule has 0 radical (unpaired) electrons. The predicted molar refractivity (Wildman–Crippen MR) is 64.0 cm³/mol. The van der Waals surface area contributed by atoms with Crippen LogP contribution in [-0.4, -0.2) is 5.88 Å². The fraction of sp³-hybridized carbons (Fsp3) is 0.385. The Morgan fingerprint density at radius 2 is 1.71 bits per heavy atom. The third-order valence-electron chi connectivity index (χ3n) is 2.23. The topological polar surface area (TPSA) is 0 Å². The van der Waals surface area contributed by atoms with Crippen LogP contribution in [-0.2, 0) is 12.8 Å². The molecule has 0 amide bonds. The van der Waals surface area contributed by atoms with Gasteiger partial charge in [-0.1, -0.05) is 43.3 Å². The molecular weight excluding hydrogens is 192 g/mol. The summed E-state index contributed by atoms with van der Waals surface area (Å²) in [6, 6.07) is 8.79. The summed E-state index contributed by atoms with van der Waals surface area (Å²) in [6.07, 6.45) is 7.42. The van der Waals surface area contributed by atoms with Crippen molar-refractivity contribution in [2.24, 2.45) is 0 Å². The molecule has 0 N–H and O–H groups in total. The molecule has 0 aliphatic carbocycles. The highest BCUT2D eigenvalue weighted by molar-refractivity contribution is 6.17. The van der Waals surface area contributed by atoms with E-state index in [1.807, 2.05) is 0 Å². The van der Waals surface area contributed by atoms with E-state index in [4.69, 9.17) is 11.6 Å². The fourth-order valence-electron chi connectivity index (χ4n) is 1.31. The third-order valence-corrected chi connectivity index (χ3v) is 2.45. The summed E-state index contributed by atoms with van der Waals surface area (Å²) in [5, 5.41) is 0. The second-order valence-corrected chi connectivity index (χ2v) is 3.70. The lowest BCUT2D eigenvalue weighted by molar-refractivity contribution is 1.12. The molecule has 0 aromatic heterocycles. The zero-order valence-corrected chi connectivity index (χ0v) is 9.43. The van der Waals surface area contributed by atoms with E-state index in [0.29, 0.717) is 5.88 Å². The Balaban J connectivity index is 2.43. The van der Waals surface area contributed by atoms with Crippen molar-refractivity contribution in [3.05, 3.63) is 47.5 Å². The SMILES string of the molecule is CCc1ccc(CC=CCCCl)cc1. The van der Waals surface area contributed by atoms with Crippen LogP contribution in [0, 0.1) is 0 Å². The van der Waals surface area contributed by atoms with Crippen LogP contribution in [0.15, 0.2) is 36.4 Å². The minimum absolute atomic E-state index is 0.714. The Labute approximate surface area is 91.6 Å². The number of aryl methyl sites for hydroxylation is 1. The second kappa shape index (κ2) is 6.67. The molecule has 14 heavy (non-hydrogen) atoms. The van der Waals surface area contributed by atoms with E-state index in [1.54, 1.807) is 0 Å². The van der Waals surface area contributed by atoms with Crippen molar-refractivity contribution in [1.82, 2.24) is 0 Å². The van der Waals surface area contributed by atoms with Crippen molar-refractivity contribution in [2.45, 2.75) is 26.2 Å². The lowest BCUT2D eigenvalue weighted by Gasteiger charge is -1.98. The first-order valence-electron chi connectivity index (χ1n) is 5.15. The van der Waals surface area contributed by atoms with Crippen LogP contribution in [0.2, 0.25) is 0 Å². The molecule has 0 heterocycles. The number of benzene rings is 1. The Morgan fingerprint density at radius 3 is 2.29 bits per heavy atom. The average molecular weight is 209 g/mol. The molecule has 1 aromatic carbocycles. The van der Waals surface area contributed by atoms with Crippen molar-refractivity contribution in [2.75, 3.05) is 5.88 Å². The molecule has 1 aromatic rings. The van der Waals surface area contributed by atoms with Gasteiger partial charge < -0.3 is 0 Å². The Kier molecular flexibility index (Phi) is 5.39. The van der Waals surface area contributed by atoms with Gasteiger partial charge in [-0.3, -0.25) is 0 Å². The lowest BCUT2D eigenvalue weighted by atomic mass is 10.1. The summed E-state index contributed by atoms with van der Waals surface area (Å²) in [7, 11) is 0. The molecule has 0 unspecified atom stereocenters. The summed E-state index contributed by atoms with van der Waals surface area (Å²) < 4.78 is 0. The van der Waals surface area contributed by atoms with Crippen LogP contribution in [0.1, 0.15) is 24.5 Å². The monoisotopic (exact) mass is 208 g/mol. The maximum Gasteiger partial charge on any atom is 0.0258 e. The second-order valence-electron chi connectivity index (χ2n) is 3.32. The van der Waals surface area contributed by atoms with Crippen molar-refractivity contribution in [3.8, 4) is 0 Å². The first-order valence-corrected chi connectivity index (χ1v) is 5.69. The van der Waals surface area contributed by atoms with Crippen LogP contribution in [0.4, 0.5) is 0 Å². The number of hydrogen-bond donors (Lipinski definition) is 0. The highest BCUT2D eigenvalue weighted by Crippen LogP contribution is 2.06. The normalized spacial score (nSPS) is 11.0. The minimum Gasteiger partial charge on any atom is -0.126 e. The summed E-state index contributed by atoms with van der Waals surface area (Å²) >= 11 is 5.57. The number of halogens is 1. The zero-order chi connectivity index (χ0) is 10.2. The van der Waals surface area contributed by atoms with Gasteiger partial charge in [0.15, 0.2) is 0 Å². The molecule has 0 atom stereocenters. The number of rotatable bonds is 5. The highest BCUT2D eigenvalue weighted by Gasteiger charge is 1.90. The zero-order valence-electron chi connectivity index (χ0n) is 8.67. The summed E-state index contributed by atoms with van der Waals surface area (Å²) in [4.78, 5) is 0. The highest BCUT2D eigenvalue weighted by atomic mass is 35.5. The van der Waals surface area contributed by atoms with Crippen molar-refractivity contribution in [1.29, 1.82) is 0 Å². The van der Waals surface area contributed by atoms with Gasteiger partial charge in [0.2, 0.25) is 0 Å². The largest absolute Gasteiger partial charge is 0.126 e. The fourth-order valence-corrected chi connectivity index (χ4v) is 1.44. The molecule has 76 valence electrons. The number of allylic oxidation sites excluding steroid dienone is 2. The maximum absolute atomic E-state index is 5.57. The molecule has 0 aliphatic heterocycles. The Hall–Kier alpha value is -0.750. The van der Waals surface area contributed by atoms with E-state index in [9.17, 15) is 0 Å². The third kappa shape index (κ3) is 3.97. The molecule has 0 saturated heterocycles. The van der Waals surface area contributed by atoms with Gasteiger partial charge in [0.25, 0.3) is 0 Å². The molecular formula is C13H17Cl. The number of hydrogen-bond acceptors (Lipinski definition) is 0. The minimum atomic E-state index is 0.714. The summed E-state index contributed by atoms with van der Waals surface area (Å²) in [5.41, 5.74) is 2.77. The quantitative estimate of drug-likeness (QED) is 0.507. The van der Waals surface area contributed by atoms with Crippen molar-refractivity contribution in [3.63, 3.8) is 0 Å². The first-order chi connectivity index (χ1) is 6.86. The van der Waals surface area contributed by atoms with E-state index in [2.05, 4.69) is 43.3 Å². The van der Waals surface area contributed by atoms with Crippen molar-refractivity contribution >= 4 is 11.6 Å². The van der Waals surface area contributed by atoms with Gasteiger partial charge in [0.05, 0.1) is 0 Å². The molecule has 0 aliphatic rings. The van der Waals surface area contributed by atoms with Crippen LogP contribution in [0.25, 0.3) is 0 Å². The predicted octanol–water partition coefficient (Wildman–Crippen LogP) is 3.98. The Bertz CT molecular complexity index is 272. The average Bonchev–Trinajstić information content (AvgIpc) is 2.25. The van der Waals surface area contributed by atoms with E-state index < -0.39 is 0 Å². The van der Waals surface area contributed by atoms with Gasteiger partial charge in [-0.25, -0.2) is 0 Å². The summed E-state index contributed by atoms with van der Waals surface area (Å²) in [5.74, 6) is 0.714. The molecule has 0 saturated carbocycles. The smallest absolute Gasteiger partial charge is 0.0258 e. The lowest BCUT2D eigenvalue weighted by Crippen LogP contribution is -1.83. The van der Waals surface area contributed by atoms with Gasteiger partial charge in [-0.2, -0.15) is 0 Å². The molecule has 1 rings (SSSR count). The summed E-state index contributed by atoms with van der Waals surface area (Å²) in [6.45, 7) is 2.18. The van der Waals surface area contributed by atoms with Crippen LogP contribution >= 0.6 is 11.6 Å². The van der Waals surface area contributed by atoms with E-state index in [0.717, 1.165) is 19.3 Å². The van der Waals surface area contributed by atoms with Crippen molar-refractivity contribution < 1.29 is 0 Å².